The van der Waals surface area contributed by atoms with Gasteiger partial charge in [0.05, 0.1) is 38.1 Å². The molecule has 0 saturated heterocycles. The van der Waals surface area contributed by atoms with E-state index < -0.39 is 5.60 Å². The van der Waals surface area contributed by atoms with Crippen molar-refractivity contribution < 1.29 is 19.7 Å². The third kappa shape index (κ3) is 6.95. The lowest BCUT2D eigenvalue weighted by Gasteiger charge is -2.25. The van der Waals surface area contributed by atoms with E-state index in [2.05, 4.69) is 0 Å². The summed E-state index contributed by atoms with van der Waals surface area (Å²) in [5, 5.41) is 17.9. The summed E-state index contributed by atoms with van der Waals surface area (Å²) >= 11 is 0. The lowest BCUT2D eigenvalue weighted by Crippen LogP contribution is -2.36. The zero-order chi connectivity index (χ0) is 10.3. The van der Waals surface area contributed by atoms with Crippen LogP contribution in [0.15, 0.2) is 0 Å². The summed E-state index contributed by atoms with van der Waals surface area (Å²) in [6.45, 7) is 6.46. The average Bonchev–Trinajstić information content (AvgIpc) is 2.02. The van der Waals surface area contributed by atoms with Crippen molar-refractivity contribution in [1.82, 2.24) is 0 Å². The number of hydrogen-bond acceptors (Lipinski definition) is 4. The molecule has 0 aromatic carbocycles. The van der Waals surface area contributed by atoms with Crippen molar-refractivity contribution in [3.63, 3.8) is 0 Å². The second kappa shape index (κ2) is 6.32. The Bertz CT molecular complexity index is 119. The molecular formula is C9H20O4. The number of hydrogen-bond donors (Lipinski definition) is 2. The largest absolute Gasteiger partial charge is 0.394 e. The van der Waals surface area contributed by atoms with Crippen LogP contribution in [0.5, 0.6) is 0 Å². The molecule has 0 heterocycles. The molecule has 0 radical (unpaired) electrons. The van der Waals surface area contributed by atoms with Gasteiger partial charge in [-0.15, -0.1) is 0 Å². The third-order valence-corrected chi connectivity index (χ3v) is 1.83. The van der Waals surface area contributed by atoms with Crippen LogP contribution in [-0.2, 0) is 9.47 Å². The van der Waals surface area contributed by atoms with E-state index in [1.165, 1.54) is 0 Å². The molecule has 4 heteroatoms. The van der Waals surface area contributed by atoms with Gasteiger partial charge in [0.2, 0.25) is 0 Å². The summed E-state index contributed by atoms with van der Waals surface area (Å²) in [5.41, 5.74) is -0.822. The molecule has 0 aliphatic carbocycles. The van der Waals surface area contributed by atoms with Gasteiger partial charge in [-0.05, 0) is 20.8 Å². The molecule has 0 amide bonds. The first kappa shape index (κ1) is 12.8. The topological polar surface area (TPSA) is 58.9 Å². The first-order valence-corrected chi connectivity index (χ1v) is 4.51. The van der Waals surface area contributed by atoms with Crippen molar-refractivity contribution in [2.75, 3.05) is 26.4 Å². The molecule has 0 aromatic rings. The normalized spacial score (nSPS) is 14.5. The van der Waals surface area contributed by atoms with Crippen LogP contribution in [0.1, 0.15) is 20.8 Å². The van der Waals surface area contributed by atoms with E-state index in [0.717, 1.165) is 0 Å². The lowest BCUT2D eigenvalue weighted by atomic mass is 10.0. The molecule has 0 saturated carbocycles. The van der Waals surface area contributed by atoms with Crippen LogP contribution in [-0.4, -0.2) is 48.3 Å². The Labute approximate surface area is 79.5 Å². The summed E-state index contributed by atoms with van der Waals surface area (Å²) in [5.74, 6) is 0. The fourth-order valence-electron chi connectivity index (χ4n) is 0.654. The molecule has 1 atom stereocenters. The molecule has 1 unspecified atom stereocenters. The van der Waals surface area contributed by atoms with Gasteiger partial charge in [-0.2, -0.15) is 0 Å². The van der Waals surface area contributed by atoms with Gasteiger partial charge in [0, 0.05) is 0 Å². The Morgan fingerprint density at radius 2 is 1.85 bits per heavy atom. The van der Waals surface area contributed by atoms with Crippen molar-refractivity contribution in [3.8, 4) is 0 Å². The van der Waals surface area contributed by atoms with Crippen molar-refractivity contribution in [2.24, 2.45) is 0 Å². The van der Waals surface area contributed by atoms with Gasteiger partial charge < -0.3 is 19.7 Å². The summed E-state index contributed by atoms with van der Waals surface area (Å²) < 4.78 is 10.3. The standard InChI is InChI=1S/C9H20O4/c1-8(9(2,3)11)13-7-6-12-5-4-10/h8,10-11H,4-7H2,1-3H3. The van der Waals surface area contributed by atoms with E-state index in [1.54, 1.807) is 13.8 Å². The monoisotopic (exact) mass is 192 g/mol. The van der Waals surface area contributed by atoms with Gasteiger partial charge in [-0.25, -0.2) is 0 Å². The number of aliphatic hydroxyl groups is 2. The average molecular weight is 192 g/mol. The first-order valence-electron chi connectivity index (χ1n) is 4.51. The quantitative estimate of drug-likeness (QED) is 0.565. The van der Waals surface area contributed by atoms with E-state index in [4.69, 9.17) is 14.6 Å². The molecule has 2 N–H and O–H groups in total. The predicted molar refractivity (Wildman–Crippen MR) is 49.6 cm³/mol. The number of rotatable bonds is 7. The molecule has 0 fully saturated rings. The summed E-state index contributed by atoms with van der Waals surface area (Å²) in [6, 6.07) is 0. The van der Waals surface area contributed by atoms with Gasteiger partial charge in [0.15, 0.2) is 0 Å². The Kier molecular flexibility index (Phi) is 6.24. The van der Waals surface area contributed by atoms with Crippen LogP contribution < -0.4 is 0 Å². The van der Waals surface area contributed by atoms with Crippen LogP contribution in [0.3, 0.4) is 0 Å². The minimum absolute atomic E-state index is 0.0288. The minimum atomic E-state index is -0.822. The maximum Gasteiger partial charge on any atom is 0.0849 e. The van der Waals surface area contributed by atoms with Gasteiger partial charge in [0.25, 0.3) is 0 Å². The Hall–Kier alpha value is -0.160. The SMILES string of the molecule is CC(OCCOCCO)C(C)(C)O. The smallest absolute Gasteiger partial charge is 0.0849 e. The summed E-state index contributed by atoms with van der Waals surface area (Å²) in [4.78, 5) is 0. The lowest BCUT2D eigenvalue weighted by molar-refractivity contribution is -0.0908. The molecule has 0 aliphatic rings. The maximum atomic E-state index is 9.48. The molecule has 0 aliphatic heterocycles. The fraction of sp³-hybridized carbons (Fsp3) is 1.00. The van der Waals surface area contributed by atoms with Crippen LogP contribution in [0.2, 0.25) is 0 Å². The van der Waals surface area contributed by atoms with Crippen molar-refractivity contribution in [2.45, 2.75) is 32.5 Å². The van der Waals surface area contributed by atoms with E-state index in [0.29, 0.717) is 19.8 Å². The fourth-order valence-corrected chi connectivity index (χ4v) is 0.654. The van der Waals surface area contributed by atoms with Crippen LogP contribution >= 0.6 is 0 Å². The molecule has 0 spiro atoms. The van der Waals surface area contributed by atoms with Crippen molar-refractivity contribution >= 4 is 0 Å². The van der Waals surface area contributed by atoms with Crippen LogP contribution in [0.25, 0.3) is 0 Å². The third-order valence-electron chi connectivity index (χ3n) is 1.83. The van der Waals surface area contributed by atoms with Gasteiger partial charge in [-0.3, -0.25) is 0 Å². The highest BCUT2D eigenvalue weighted by atomic mass is 16.5. The highest BCUT2D eigenvalue weighted by Gasteiger charge is 2.22. The van der Waals surface area contributed by atoms with Gasteiger partial charge in [0.1, 0.15) is 0 Å². The molecule has 80 valence electrons. The minimum Gasteiger partial charge on any atom is -0.394 e. The van der Waals surface area contributed by atoms with E-state index in [9.17, 15) is 5.11 Å². The molecule has 13 heavy (non-hydrogen) atoms. The maximum absolute atomic E-state index is 9.48. The number of aliphatic hydroxyl groups excluding tert-OH is 1. The van der Waals surface area contributed by atoms with E-state index in [1.807, 2.05) is 6.92 Å². The van der Waals surface area contributed by atoms with Gasteiger partial charge in [-0.1, -0.05) is 0 Å². The van der Waals surface area contributed by atoms with Crippen molar-refractivity contribution in [1.29, 1.82) is 0 Å². The first-order chi connectivity index (χ1) is 5.98. The zero-order valence-corrected chi connectivity index (χ0v) is 8.62. The number of ether oxygens (including phenoxy) is 2. The Balaban J connectivity index is 3.32. The predicted octanol–water partition coefficient (Wildman–Crippen LogP) is 0.171. The zero-order valence-electron chi connectivity index (χ0n) is 8.62. The van der Waals surface area contributed by atoms with Crippen LogP contribution in [0, 0.1) is 0 Å². The molecule has 0 bridgehead atoms. The molecular weight excluding hydrogens is 172 g/mol. The molecule has 4 nitrogen and oxygen atoms in total. The highest BCUT2D eigenvalue weighted by molar-refractivity contribution is 4.73. The van der Waals surface area contributed by atoms with Crippen LogP contribution in [0.4, 0.5) is 0 Å². The second-order valence-electron chi connectivity index (χ2n) is 3.50. The summed E-state index contributed by atoms with van der Waals surface area (Å²) in [6.07, 6.45) is -0.217. The second-order valence-corrected chi connectivity index (χ2v) is 3.50. The summed E-state index contributed by atoms with van der Waals surface area (Å²) in [7, 11) is 0. The van der Waals surface area contributed by atoms with E-state index in [-0.39, 0.29) is 12.7 Å². The molecule has 0 aromatic heterocycles. The Morgan fingerprint density at radius 3 is 2.31 bits per heavy atom. The molecule has 0 rings (SSSR count). The van der Waals surface area contributed by atoms with Gasteiger partial charge >= 0.3 is 0 Å². The Morgan fingerprint density at radius 1 is 1.23 bits per heavy atom. The van der Waals surface area contributed by atoms with Crippen molar-refractivity contribution in [3.05, 3.63) is 0 Å². The highest BCUT2D eigenvalue weighted by Crippen LogP contribution is 2.10. The van der Waals surface area contributed by atoms with E-state index >= 15 is 0 Å².